The van der Waals surface area contributed by atoms with Crippen molar-refractivity contribution in [3.63, 3.8) is 0 Å². The van der Waals surface area contributed by atoms with E-state index in [1.807, 2.05) is 25.1 Å². The number of anilines is 2. The molecule has 120 valence electrons. The third kappa shape index (κ3) is 2.14. The zero-order chi connectivity index (χ0) is 16.7. The van der Waals surface area contributed by atoms with Crippen molar-refractivity contribution in [3.8, 4) is 0 Å². The number of nitrogens with zero attached hydrogens (tertiary/aromatic N) is 5. The number of rotatable bonds is 3. The van der Waals surface area contributed by atoms with E-state index in [0.29, 0.717) is 16.9 Å². The molecule has 0 aliphatic heterocycles. The molecule has 4 aromatic rings. The van der Waals surface area contributed by atoms with Crippen LogP contribution in [0.1, 0.15) is 15.9 Å². The predicted molar refractivity (Wildman–Crippen MR) is 86.2 cm³/mol. The smallest absolute Gasteiger partial charge is 0.339 e. The zero-order valence-electron chi connectivity index (χ0n) is 12.9. The van der Waals surface area contributed by atoms with Gasteiger partial charge in [0.25, 0.3) is 0 Å². The minimum absolute atomic E-state index is 0.409. The number of ether oxygens (including phenoxy) is 1. The maximum atomic E-state index is 11.9. The second kappa shape index (κ2) is 5.30. The number of benzene rings is 1. The Balaban J connectivity index is 1.81. The van der Waals surface area contributed by atoms with Gasteiger partial charge in [0.05, 0.1) is 12.7 Å². The van der Waals surface area contributed by atoms with Crippen molar-refractivity contribution in [3.05, 3.63) is 41.9 Å². The fourth-order valence-corrected chi connectivity index (χ4v) is 2.62. The van der Waals surface area contributed by atoms with Gasteiger partial charge in [-0.3, -0.25) is 0 Å². The number of carbonyl (C=O) groups is 1. The molecule has 24 heavy (non-hydrogen) atoms. The van der Waals surface area contributed by atoms with Gasteiger partial charge in [-0.05, 0) is 30.7 Å². The van der Waals surface area contributed by atoms with Crippen molar-refractivity contribution >= 4 is 34.0 Å². The lowest BCUT2D eigenvalue weighted by Gasteiger charge is -2.07. The maximum Gasteiger partial charge on any atom is 0.339 e. The molecule has 9 heteroatoms. The quantitative estimate of drug-likeness (QED) is 0.553. The molecule has 0 fully saturated rings. The van der Waals surface area contributed by atoms with E-state index in [2.05, 4.69) is 30.8 Å². The Hall–Kier alpha value is -3.49. The molecule has 3 aromatic heterocycles. The molecular formula is C15H13N7O2. The van der Waals surface area contributed by atoms with Crippen molar-refractivity contribution in [2.24, 2.45) is 0 Å². The van der Waals surface area contributed by atoms with E-state index in [4.69, 9.17) is 4.74 Å². The van der Waals surface area contributed by atoms with Gasteiger partial charge in [-0.25, -0.2) is 14.3 Å². The van der Waals surface area contributed by atoms with Gasteiger partial charge in [-0.15, -0.1) is 0 Å². The Morgan fingerprint density at radius 3 is 2.96 bits per heavy atom. The second-order valence-electron chi connectivity index (χ2n) is 5.21. The number of H-pyrrole nitrogens is 1. The summed E-state index contributed by atoms with van der Waals surface area (Å²) < 4.78 is 6.41. The average molecular weight is 323 g/mol. The molecule has 0 saturated heterocycles. The standard InChI is InChI=1S/C15H13N7O2/c1-8-10(15(23)24-2)6-22-13(8)14(16-7-17-22)18-9-3-4-11-12(5-9)20-21-19-11/h3-7H,1-2H3,(H,16,17,18)(H,19,20,21). The summed E-state index contributed by atoms with van der Waals surface area (Å²) in [5, 5.41) is 18.1. The van der Waals surface area contributed by atoms with Gasteiger partial charge in [0.1, 0.15) is 22.9 Å². The highest BCUT2D eigenvalue weighted by Crippen LogP contribution is 2.26. The molecule has 0 amide bonds. The highest BCUT2D eigenvalue weighted by atomic mass is 16.5. The normalized spacial score (nSPS) is 11.1. The summed E-state index contributed by atoms with van der Waals surface area (Å²) in [4.78, 5) is 16.2. The van der Waals surface area contributed by atoms with Crippen molar-refractivity contribution < 1.29 is 9.53 Å². The average Bonchev–Trinajstić information content (AvgIpc) is 3.19. The molecule has 0 unspecified atom stereocenters. The van der Waals surface area contributed by atoms with Gasteiger partial charge in [0, 0.05) is 11.9 Å². The van der Waals surface area contributed by atoms with Gasteiger partial charge < -0.3 is 10.1 Å². The second-order valence-corrected chi connectivity index (χ2v) is 5.21. The summed E-state index contributed by atoms with van der Waals surface area (Å²) >= 11 is 0. The number of aryl methyl sites for hydroxylation is 1. The van der Waals surface area contributed by atoms with Crippen LogP contribution in [0.3, 0.4) is 0 Å². The first kappa shape index (κ1) is 14.1. The molecule has 2 N–H and O–H groups in total. The van der Waals surface area contributed by atoms with E-state index in [1.165, 1.54) is 13.4 Å². The van der Waals surface area contributed by atoms with E-state index in [1.54, 1.807) is 10.7 Å². The lowest BCUT2D eigenvalue weighted by atomic mass is 10.2. The molecule has 0 saturated carbocycles. The molecule has 0 radical (unpaired) electrons. The number of carbonyl (C=O) groups excluding carboxylic acids is 1. The predicted octanol–water partition coefficient (Wildman–Crippen LogP) is 1.84. The van der Waals surface area contributed by atoms with E-state index in [0.717, 1.165) is 22.3 Å². The first-order valence-electron chi connectivity index (χ1n) is 7.16. The summed E-state index contributed by atoms with van der Waals surface area (Å²) in [6.45, 7) is 1.83. The van der Waals surface area contributed by atoms with Crippen molar-refractivity contribution in [2.75, 3.05) is 12.4 Å². The SMILES string of the molecule is COC(=O)c1cn2ncnc(Nc3ccc4n[nH]nc4c3)c2c1C. The molecule has 3 heterocycles. The van der Waals surface area contributed by atoms with Crippen LogP contribution in [0.15, 0.2) is 30.7 Å². The van der Waals surface area contributed by atoms with Crippen LogP contribution >= 0.6 is 0 Å². The Labute approximate surface area is 135 Å². The summed E-state index contributed by atoms with van der Waals surface area (Å²) in [6, 6.07) is 5.59. The van der Waals surface area contributed by atoms with E-state index in [-0.39, 0.29) is 0 Å². The largest absolute Gasteiger partial charge is 0.465 e. The van der Waals surface area contributed by atoms with Gasteiger partial charge in [0.15, 0.2) is 5.82 Å². The molecule has 0 aliphatic rings. The summed E-state index contributed by atoms with van der Waals surface area (Å²) in [5.74, 6) is 0.175. The minimum Gasteiger partial charge on any atom is -0.465 e. The van der Waals surface area contributed by atoms with Crippen LogP contribution in [0.5, 0.6) is 0 Å². The summed E-state index contributed by atoms with van der Waals surface area (Å²) in [6.07, 6.45) is 3.05. The van der Waals surface area contributed by atoms with Crippen LogP contribution < -0.4 is 5.32 Å². The lowest BCUT2D eigenvalue weighted by Crippen LogP contribution is -2.01. The third-order valence-corrected chi connectivity index (χ3v) is 3.81. The van der Waals surface area contributed by atoms with E-state index >= 15 is 0 Å². The fourth-order valence-electron chi connectivity index (χ4n) is 2.62. The Bertz CT molecular complexity index is 1070. The number of aromatic nitrogens is 6. The van der Waals surface area contributed by atoms with Gasteiger partial charge in [-0.2, -0.15) is 20.5 Å². The Morgan fingerprint density at radius 2 is 2.12 bits per heavy atom. The van der Waals surface area contributed by atoms with Crippen LogP contribution in [0.2, 0.25) is 0 Å². The van der Waals surface area contributed by atoms with Gasteiger partial charge >= 0.3 is 5.97 Å². The number of methoxy groups -OCH3 is 1. The van der Waals surface area contributed by atoms with E-state index in [9.17, 15) is 4.79 Å². The van der Waals surface area contributed by atoms with Gasteiger partial charge in [0.2, 0.25) is 0 Å². The molecule has 0 aliphatic carbocycles. The molecule has 0 atom stereocenters. The Morgan fingerprint density at radius 1 is 1.29 bits per heavy atom. The number of esters is 1. The molecular weight excluding hydrogens is 310 g/mol. The first-order chi connectivity index (χ1) is 11.7. The monoisotopic (exact) mass is 323 g/mol. The number of hydrogen-bond acceptors (Lipinski definition) is 7. The third-order valence-electron chi connectivity index (χ3n) is 3.81. The van der Waals surface area contributed by atoms with Crippen LogP contribution in [-0.2, 0) is 4.74 Å². The maximum absolute atomic E-state index is 11.9. The van der Waals surface area contributed by atoms with E-state index < -0.39 is 5.97 Å². The number of fused-ring (bicyclic) bond motifs is 2. The number of aromatic amines is 1. The van der Waals surface area contributed by atoms with Crippen molar-refractivity contribution in [1.29, 1.82) is 0 Å². The van der Waals surface area contributed by atoms with Crippen LogP contribution in [0.25, 0.3) is 16.6 Å². The van der Waals surface area contributed by atoms with Crippen molar-refractivity contribution in [2.45, 2.75) is 6.92 Å². The minimum atomic E-state index is -0.409. The van der Waals surface area contributed by atoms with Gasteiger partial charge in [-0.1, -0.05) is 0 Å². The molecule has 1 aromatic carbocycles. The van der Waals surface area contributed by atoms with Crippen LogP contribution in [-0.4, -0.2) is 43.1 Å². The molecule has 4 rings (SSSR count). The topological polar surface area (TPSA) is 110 Å². The summed E-state index contributed by atoms with van der Waals surface area (Å²) in [5.41, 5.74) is 4.23. The highest BCUT2D eigenvalue weighted by molar-refractivity contribution is 5.95. The summed E-state index contributed by atoms with van der Waals surface area (Å²) in [7, 11) is 1.35. The molecule has 9 nitrogen and oxygen atoms in total. The first-order valence-corrected chi connectivity index (χ1v) is 7.16. The van der Waals surface area contributed by atoms with Crippen LogP contribution in [0.4, 0.5) is 11.5 Å². The molecule has 0 bridgehead atoms. The van der Waals surface area contributed by atoms with Crippen molar-refractivity contribution in [1.82, 2.24) is 30.0 Å². The number of hydrogen-bond donors (Lipinski definition) is 2. The Kier molecular flexibility index (Phi) is 3.12. The zero-order valence-corrected chi connectivity index (χ0v) is 12.9. The fraction of sp³-hybridized carbons (Fsp3) is 0.133. The van der Waals surface area contributed by atoms with Crippen LogP contribution in [0, 0.1) is 6.92 Å². The lowest BCUT2D eigenvalue weighted by molar-refractivity contribution is 0.0600. The molecule has 0 spiro atoms. The highest BCUT2D eigenvalue weighted by Gasteiger charge is 2.18. The number of nitrogens with one attached hydrogen (secondary N) is 2.